The summed E-state index contributed by atoms with van der Waals surface area (Å²) in [6.45, 7) is 7.53. The zero-order chi connectivity index (χ0) is 15.5. The fourth-order valence-electron chi connectivity index (χ4n) is 3.06. The van der Waals surface area contributed by atoms with Crippen LogP contribution in [0.15, 0.2) is 12.4 Å². The van der Waals surface area contributed by atoms with Crippen LogP contribution in [-0.4, -0.2) is 47.5 Å². The maximum Gasteiger partial charge on any atom is 0.131 e. The van der Waals surface area contributed by atoms with E-state index < -0.39 is 0 Å². The molecule has 1 aromatic heterocycles. The molecule has 0 saturated carbocycles. The molecule has 122 valence electrons. The number of rotatable bonds is 6. The molecule has 1 aromatic rings. The van der Waals surface area contributed by atoms with E-state index in [9.17, 15) is 0 Å². The van der Waals surface area contributed by atoms with Gasteiger partial charge in [-0.15, -0.1) is 0 Å². The largest absolute Gasteiger partial charge is 0.373 e. The Bertz CT molecular complexity index is 455. The molecule has 2 fully saturated rings. The topological polar surface area (TPSA) is 68.3 Å². The molecule has 2 saturated heterocycles. The first-order chi connectivity index (χ1) is 10.6. The summed E-state index contributed by atoms with van der Waals surface area (Å²) in [7, 11) is 0. The smallest absolute Gasteiger partial charge is 0.131 e. The summed E-state index contributed by atoms with van der Waals surface area (Å²) in [6, 6.07) is 1.94. The van der Waals surface area contributed by atoms with Gasteiger partial charge in [-0.1, -0.05) is 0 Å². The average Bonchev–Trinajstić information content (AvgIpc) is 3.14. The molecule has 3 rings (SSSR count). The molecule has 2 unspecified atom stereocenters. The fourth-order valence-corrected chi connectivity index (χ4v) is 3.06. The first kappa shape index (κ1) is 15.5. The summed E-state index contributed by atoms with van der Waals surface area (Å²) >= 11 is 0. The van der Waals surface area contributed by atoms with Gasteiger partial charge in [-0.2, -0.15) is 0 Å². The standard InChI is InChI=1S/C16H26N4O2/c1-15(5-3-7-21-15)10-17-13-9-14(20-12-19-13)18-11-16(2)6-4-8-22-16/h9,12H,3-8,10-11H2,1-2H3,(H2,17,18,19,20). The minimum Gasteiger partial charge on any atom is -0.373 e. The van der Waals surface area contributed by atoms with Crippen LogP contribution in [0.2, 0.25) is 0 Å². The molecule has 6 nitrogen and oxygen atoms in total. The Morgan fingerprint density at radius 1 is 0.955 bits per heavy atom. The van der Waals surface area contributed by atoms with Crippen LogP contribution < -0.4 is 10.6 Å². The lowest BCUT2D eigenvalue weighted by Gasteiger charge is -2.24. The van der Waals surface area contributed by atoms with Gasteiger partial charge in [-0.25, -0.2) is 9.97 Å². The SMILES string of the molecule is CC1(CNc2cc(NCC3(C)CCCO3)ncn2)CCCO1. The molecular weight excluding hydrogens is 280 g/mol. The van der Waals surface area contributed by atoms with Gasteiger partial charge < -0.3 is 20.1 Å². The third kappa shape index (κ3) is 3.87. The van der Waals surface area contributed by atoms with Crippen molar-refractivity contribution < 1.29 is 9.47 Å². The minimum absolute atomic E-state index is 0.0797. The molecule has 2 aliphatic rings. The summed E-state index contributed by atoms with van der Waals surface area (Å²) < 4.78 is 11.6. The predicted molar refractivity (Wildman–Crippen MR) is 86.2 cm³/mol. The third-order valence-electron chi connectivity index (χ3n) is 4.55. The highest BCUT2D eigenvalue weighted by molar-refractivity contribution is 5.46. The second kappa shape index (κ2) is 6.38. The van der Waals surface area contributed by atoms with Crippen molar-refractivity contribution in [2.45, 2.75) is 50.7 Å². The summed E-state index contributed by atoms with van der Waals surface area (Å²) in [5.74, 6) is 1.65. The summed E-state index contributed by atoms with van der Waals surface area (Å²) in [6.07, 6.45) is 6.03. The van der Waals surface area contributed by atoms with E-state index in [1.54, 1.807) is 6.33 Å². The summed E-state index contributed by atoms with van der Waals surface area (Å²) in [5, 5.41) is 6.72. The van der Waals surface area contributed by atoms with E-state index in [-0.39, 0.29) is 11.2 Å². The number of hydrogen-bond acceptors (Lipinski definition) is 6. The van der Waals surface area contributed by atoms with Crippen LogP contribution in [-0.2, 0) is 9.47 Å². The molecule has 0 amide bonds. The van der Waals surface area contributed by atoms with Gasteiger partial charge in [0.2, 0.25) is 0 Å². The van der Waals surface area contributed by atoms with E-state index in [0.29, 0.717) is 0 Å². The van der Waals surface area contributed by atoms with Gasteiger partial charge >= 0.3 is 0 Å². The van der Waals surface area contributed by atoms with E-state index in [2.05, 4.69) is 34.4 Å². The molecule has 3 heterocycles. The average molecular weight is 306 g/mol. The van der Waals surface area contributed by atoms with Crippen molar-refractivity contribution in [3.63, 3.8) is 0 Å². The first-order valence-electron chi connectivity index (χ1n) is 8.15. The van der Waals surface area contributed by atoms with Crippen LogP contribution >= 0.6 is 0 Å². The number of hydrogen-bond donors (Lipinski definition) is 2. The van der Waals surface area contributed by atoms with Crippen molar-refractivity contribution in [3.05, 3.63) is 12.4 Å². The second-order valence-electron chi connectivity index (χ2n) is 6.80. The summed E-state index contributed by atoms with van der Waals surface area (Å²) in [4.78, 5) is 8.56. The predicted octanol–water partition coefficient (Wildman–Crippen LogP) is 2.44. The van der Waals surface area contributed by atoms with E-state index >= 15 is 0 Å². The maximum absolute atomic E-state index is 5.78. The lowest BCUT2D eigenvalue weighted by molar-refractivity contribution is 0.0313. The van der Waals surface area contributed by atoms with Crippen LogP contribution in [0.4, 0.5) is 11.6 Å². The normalized spacial score (nSPS) is 31.4. The highest BCUT2D eigenvalue weighted by Gasteiger charge is 2.30. The van der Waals surface area contributed by atoms with Crippen LogP contribution in [0.5, 0.6) is 0 Å². The van der Waals surface area contributed by atoms with E-state index in [1.165, 1.54) is 0 Å². The number of ether oxygens (including phenoxy) is 2. The Morgan fingerprint density at radius 3 is 1.86 bits per heavy atom. The molecule has 0 aromatic carbocycles. The third-order valence-corrected chi connectivity index (χ3v) is 4.55. The minimum atomic E-state index is -0.0797. The highest BCUT2D eigenvalue weighted by atomic mass is 16.5. The second-order valence-corrected chi connectivity index (χ2v) is 6.80. The Hall–Kier alpha value is -1.40. The zero-order valence-electron chi connectivity index (χ0n) is 13.5. The van der Waals surface area contributed by atoms with Gasteiger partial charge in [0.15, 0.2) is 0 Å². The highest BCUT2D eigenvalue weighted by Crippen LogP contribution is 2.26. The number of nitrogens with zero attached hydrogens (tertiary/aromatic N) is 2. The van der Waals surface area contributed by atoms with E-state index in [4.69, 9.17) is 9.47 Å². The van der Waals surface area contributed by atoms with Crippen LogP contribution in [0.3, 0.4) is 0 Å². The summed E-state index contributed by atoms with van der Waals surface area (Å²) in [5.41, 5.74) is -0.159. The Labute approximate surface area is 132 Å². The van der Waals surface area contributed by atoms with Gasteiger partial charge in [0.25, 0.3) is 0 Å². The van der Waals surface area contributed by atoms with Crippen molar-refractivity contribution in [1.82, 2.24) is 9.97 Å². The quantitative estimate of drug-likeness (QED) is 0.841. The number of aromatic nitrogens is 2. The molecule has 0 spiro atoms. The molecule has 2 aliphatic heterocycles. The Balaban J connectivity index is 1.53. The molecule has 6 heteroatoms. The molecule has 22 heavy (non-hydrogen) atoms. The maximum atomic E-state index is 5.78. The molecule has 0 aliphatic carbocycles. The molecule has 2 N–H and O–H groups in total. The fraction of sp³-hybridized carbons (Fsp3) is 0.750. The molecule has 0 bridgehead atoms. The van der Waals surface area contributed by atoms with Crippen molar-refractivity contribution in [3.8, 4) is 0 Å². The zero-order valence-corrected chi connectivity index (χ0v) is 13.5. The lowest BCUT2D eigenvalue weighted by atomic mass is 10.0. The van der Waals surface area contributed by atoms with Crippen molar-refractivity contribution >= 4 is 11.6 Å². The van der Waals surface area contributed by atoms with E-state index in [0.717, 1.165) is 63.6 Å². The molecular formula is C16H26N4O2. The van der Waals surface area contributed by atoms with Gasteiger partial charge in [0, 0.05) is 32.4 Å². The van der Waals surface area contributed by atoms with E-state index in [1.807, 2.05) is 6.07 Å². The number of anilines is 2. The van der Waals surface area contributed by atoms with Gasteiger partial charge in [-0.3, -0.25) is 0 Å². The first-order valence-corrected chi connectivity index (χ1v) is 8.15. The van der Waals surface area contributed by atoms with Gasteiger partial charge in [0.05, 0.1) is 11.2 Å². The van der Waals surface area contributed by atoms with Crippen LogP contribution in [0.25, 0.3) is 0 Å². The number of nitrogens with one attached hydrogen (secondary N) is 2. The van der Waals surface area contributed by atoms with Crippen LogP contribution in [0, 0.1) is 0 Å². The van der Waals surface area contributed by atoms with Crippen molar-refractivity contribution in [1.29, 1.82) is 0 Å². The van der Waals surface area contributed by atoms with Crippen molar-refractivity contribution in [2.75, 3.05) is 36.9 Å². The van der Waals surface area contributed by atoms with Gasteiger partial charge in [0.1, 0.15) is 18.0 Å². The molecule has 0 radical (unpaired) electrons. The van der Waals surface area contributed by atoms with Gasteiger partial charge in [-0.05, 0) is 39.5 Å². The Morgan fingerprint density at radius 2 is 1.45 bits per heavy atom. The van der Waals surface area contributed by atoms with Crippen LogP contribution in [0.1, 0.15) is 39.5 Å². The Kier molecular flexibility index (Phi) is 4.49. The molecule has 2 atom stereocenters. The van der Waals surface area contributed by atoms with Crippen molar-refractivity contribution in [2.24, 2.45) is 0 Å². The lowest BCUT2D eigenvalue weighted by Crippen LogP contribution is -2.33. The monoisotopic (exact) mass is 306 g/mol.